The fraction of sp³-hybridized carbons (Fsp3) is 0.500. The number of pyridine rings is 1. The van der Waals surface area contributed by atoms with Crippen LogP contribution in [0.25, 0.3) is 11.0 Å². The first-order chi connectivity index (χ1) is 11.5. The molecule has 25 heavy (non-hydrogen) atoms. The highest BCUT2D eigenvalue weighted by Gasteiger charge is 2.30. The van der Waals surface area contributed by atoms with Crippen LogP contribution in [0.2, 0.25) is 0 Å². The fourth-order valence-electron chi connectivity index (χ4n) is 2.69. The van der Waals surface area contributed by atoms with E-state index in [1.165, 1.54) is 0 Å². The second-order valence-corrected chi connectivity index (χ2v) is 6.36. The summed E-state index contributed by atoms with van der Waals surface area (Å²) in [5.41, 5.74) is 0.625. The number of aliphatic carboxylic acids is 1. The molecule has 0 radical (unpaired) electrons. The number of amides is 1. The highest BCUT2D eigenvalue weighted by Crippen LogP contribution is 2.21. The fourth-order valence-corrected chi connectivity index (χ4v) is 2.69. The molecule has 0 saturated carbocycles. The van der Waals surface area contributed by atoms with E-state index >= 15 is 0 Å². The van der Waals surface area contributed by atoms with E-state index in [1.54, 1.807) is 11.7 Å². The van der Waals surface area contributed by atoms with Crippen LogP contribution < -0.4 is 10.9 Å². The predicted molar refractivity (Wildman–Crippen MR) is 90.4 cm³/mol. The van der Waals surface area contributed by atoms with Gasteiger partial charge < -0.3 is 15.5 Å². The van der Waals surface area contributed by atoms with E-state index in [9.17, 15) is 19.5 Å². The van der Waals surface area contributed by atoms with Crippen molar-refractivity contribution in [2.75, 3.05) is 6.54 Å². The molecule has 1 atom stereocenters. The average molecular weight is 350 g/mol. The number of hydrogen-bond donors (Lipinski definition) is 4. The van der Waals surface area contributed by atoms with Crippen LogP contribution in [0.1, 0.15) is 30.2 Å². The van der Waals surface area contributed by atoms with Gasteiger partial charge in [-0.15, -0.1) is 0 Å². The van der Waals surface area contributed by atoms with Crippen LogP contribution in [0.4, 0.5) is 0 Å². The van der Waals surface area contributed by atoms with Gasteiger partial charge in [0.2, 0.25) is 5.91 Å². The molecule has 0 spiro atoms. The molecule has 0 saturated heterocycles. The molecule has 0 bridgehead atoms. The minimum atomic E-state index is -2.01. The van der Waals surface area contributed by atoms with Crippen molar-refractivity contribution < 1.29 is 19.8 Å². The third-order valence-corrected chi connectivity index (χ3v) is 4.27. The van der Waals surface area contributed by atoms with E-state index < -0.39 is 11.6 Å². The van der Waals surface area contributed by atoms with Crippen LogP contribution in [0.3, 0.4) is 0 Å². The predicted octanol–water partition coefficient (Wildman–Crippen LogP) is -0.237. The number of aromatic nitrogens is 3. The maximum absolute atomic E-state index is 12.0. The smallest absolute Gasteiger partial charge is 0.337 e. The molecule has 0 aliphatic carbocycles. The lowest BCUT2D eigenvalue weighted by atomic mass is 10.00. The Bertz CT molecular complexity index is 894. The summed E-state index contributed by atoms with van der Waals surface area (Å²) in [5.74, 6) is -1.79. The van der Waals surface area contributed by atoms with Gasteiger partial charge in [-0.25, -0.2) is 9.78 Å². The van der Waals surface area contributed by atoms with Gasteiger partial charge in [-0.1, -0.05) is 0 Å². The zero-order valence-electron chi connectivity index (χ0n) is 14.6. The van der Waals surface area contributed by atoms with Crippen LogP contribution in [0.15, 0.2) is 4.79 Å². The largest absolute Gasteiger partial charge is 0.479 e. The molecule has 2 aromatic rings. The molecule has 2 aromatic heterocycles. The molecular formula is C16H22N4O5. The van der Waals surface area contributed by atoms with Gasteiger partial charge in [0.15, 0.2) is 11.2 Å². The Hall–Kier alpha value is -2.68. The number of rotatable bonds is 6. The molecule has 1 unspecified atom stereocenters. The lowest BCUT2D eigenvalue weighted by Gasteiger charge is -2.18. The highest BCUT2D eigenvalue weighted by atomic mass is 16.4. The molecule has 0 aromatic carbocycles. The lowest BCUT2D eigenvalue weighted by Crippen LogP contribution is -2.46. The maximum Gasteiger partial charge on any atom is 0.337 e. The van der Waals surface area contributed by atoms with Crippen LogP contribution >= 0.6 is 0 Å². The summed E-state index contributed by atoms with van der Waals surface area (Å²) in [6, 6.07) is 0. The second-order valence-electron chi connectivity index (χ2n) is 6.36. The van der Waals surface area contributed by atoms with Crippen molar-refractivity contribution in [2.45, 2.75) is 39.2 Å². The van der Waals surface area contributed by atoms with E-state index in [2.05, 4.69) is 15.4 Å². The number of H-pyrrole nitrogens is 1. The molecular weight excluding hydrogens is 328 g/mol. The van der Waals surface area contributed by atoms with Gasteiger partial charge in [0.1, 0.15) is 0 Å². The summed E-state index contributed by atoms with van der Waals surface area (Å²) >= 11 is 0. The first kappa shape index (κ1) is 18.7. The van der Waals surface area contributed by atoms with Crippen LogP contribution in [0.5, 0.6) is 0 Å². The number of hydrogen-bond acceptors (Lipinski definition) is 5. The standard InChI is InChI=1S/C16H22N4O5/c1-8-10(5-6-11(21)17-7-16(3,25)15(23)24)9(2)18-13-12(8)14(22)19-20(13)4/h25H,5-7H2,1-4H3,(H,17,21)(H,19,22)(H,23,24). The molecule has 9 heteroatoms. The highest BCUT2D eigenvalue weighted by molar-refractivity contribution is 5.82. The Morgan fingerprint density at radius 3 is 2.60 bits per heavy atom. The van der Waals surface area contributed by atoms with Gasteiger partial charge in [-0.05, 0) is 38.3 Å². The monoisotopic (exact) mass is 350 g/mol. The molecule has 2 heterocycles. The average Bonchev–Trinajstić information content (AvgIpc) is 2.79. The first-order valence-electron chi connectivity index (χ1n) is 7.82. The number of nitrogens with zero attached hydrogens (tertiary/aromatic N) is 2. The van der Waals surface area contributed by atoms with Gasteiger partial charge in [0.25, 0.3) is 5.56 Å². The number of carboxylic acid groups (broad SMARTS) is 1. The molecule has 136 valence electrons. The number of carbonyl (C=O) groups excluding carboxylic acids is 1. The SMILES string of the molecule is Cc1nc2c(c(C)c1CCC(=O)NCC(C)(O)C(=O)O)c(=O)[nH]n2C. The van der Waals surface area contributed by atoms with Crippen LogP contribution in [-0.4, -0.2) is 49.0 Å². The molecule has 0 aliphatic rings. The van der Waals surface area contributed by atoms with E-state index in [1.807, 2.05) is 13.8 Å². The third kappa shape index (κ3) is 3.71. The minimum absolute atomic E-state index is 0.0926. The topological polar surface area (TPSA) is 137 Å². The summed E-state index contributed by atoms with van der Waals surface area (Å²) in [6.07, 6.45) is 0.450. The molecule has 0 aliphatic heterocycles. The molecule has 0 fully saturated rings. The molecule has 9 nitrogen and oxygen atoms in total. The lowest BCUT2D eigenvalue weighted by molar-refractivity contribution is -0.156. The van der Waals surface area contributed by atoms with E-state index in [0.29, 0.717) is 17.5 Å². The minimum Gasteiger partial charge on any atom is -0.479 e. The zero-order chi connectivity index (χ0) is 18.9. The van der Waals surface area contributed by atoms with Crippen LogP contribution in [-0.2, 0) is 23.1 Å². The second kappa shape index (κ2) is 6.67. The van der Waals surface area contributed by atoms with Gasteiger partial charge >= 0.3 is 5.97 Å². The summed E-state index contributed by atoms with van der Waals surface area (Å²) in [7, 11) is 1.71. The van der Waals surface area contributed by atoms with Crippen molar-refractivity contribution in [1.82, 2.24) is 20.1 Å². The van der Waals surface area contributed by atoms with Crippen molar-refractivity contribution in [1.29, 1.82) is 0 Å². The van der Waals surface area contributed by atoms with E-state index in [0.717, 1.165) is 23.7 Å². The molecule has 1 amide bonds. The quantitative estimate of drug-likeness (QED) is 0.567. The third-order valence-electron chi connectivity index (χ3n) is 4.27. The van der Waals surface area contributed by atoms with Gasteiger partial charge in [0.05, 0.1) is 11.9 Å². The number of fused-ring (bicyclic) bond motifs is 1. The van der Waals surface area contributed by atoms with Gasteiger partial charge in [0, 0.05) is 19.2 Å². The first-order valence-corrected chi connectivity index (χ1v) is 7.82. The number of aryl methyl sites for hydroxylation is 3. The Morgan fingerprint density at radius 1 is 1.36 bits per heavy atom. The Balaban J connectivity index is 2.13. The summed E-state index contributed by atoms with van der Waals surface area (Å²) in [6.45, 7) is 4.36. The van der Waals surface area contributed by atoms with Crippen molar-refractivity contribution in [2.24, 2.45) is 7.05 Å². The Labute approximate surface area is 143 Å². The Morgan fingerprint density at radius 2 is 2.00 bits per heavy atom. The number of aromatic amines is 1. The Kier molecular flexibility index (Phi) is 4.98. The van der Waals surface area contributed by atoms with Gasteiger partial charge in [-0.2, -0.15) is 0 Å². The number of nitrogens with one attached hydrogen (secondary N) is 2. The van der Waals surface area contributed by atoms with Crippen LogP contribution in [0, 0.1) is 13.8 Å². The molecule has 2 rings (SSSR count). The zero-order valence-corrected chi connectivity index (χ0v) is 14.6. The summed E-state index contributed by atoms with van der Waals surface area (Å²) in [5, 5.41) is 24.0. The van der Waals surface area contributed by atoms with Gasteiger partial charge in [-0.3, -0.25) is 19.4 Å². The summed E-state index contributed by atoms with van der Waals surface area (Å²) < 4.78 is 1.56. The van der Waals surface area contributed by atoms with E-state index in [4.69, 9.17) is 5.11 Å². The molecule has 4 N–H and O–H groups in total. The van der Waals surface area contributed by atoms with Crippen molar-refractivity contribution in [3.05, 3.63) is 27.2 Å². The number of aliphatic hydroxyl groups is 1. The van der Waals surface area contributed by atoms with Crippen molar-refractivity contribution in [3.63, 3.8) is 0 Å². The normalized spacial score (nSPS) is 13.6. The van der Waals surface area contributed by atoms with Crippen molar-refractivity contribution in [3.8, 4) is 0 Å². The van der Waals surface area contributed by atoms with Crippen molar-refractivity contribution >= 4 is 22.9 Å². The maximum atomic E-state index is 12.0. The van der Waals surface area contributed by atoms with E-state index in [-0.39, 0.29) is 24.4 Å². The number of carboxylic acids is 1. The summed E-state index contributed by atoms with van der Waals surface area (Å²) in [4.78, 5) is 39.2. The number of carbonyl (C=O) groups is 2.